The molecule has 0 bridgehead atoms. The topological polar surface area (TPSA) is 123 Å². The molecule has 172 valence electrons. The summed E-state index contributed by atoms with van der Waals surface area (Å²) < 4.78 is 2.18. The van der Waals surface area contributed by atoms with E-state index < -0.39 is 0 Å². The number of anilines is 3. The first kappa shape index (κ1) is 22.6. The molecule has 0 spiro atoms. The second-order valence-electron chi connectivity index (χ2n) is 9.22. The number of hydrogen-bond acceptors (Lipinski definition) is 6. The summed E-state index contributed by atoms with van der Waals surface area (Å²) in [6.07, 6.45) is 4.28. The van der Waals surface area contributed by atoms with E-state index in [0.717, 1.165) is 48.1 Å². The molecule has 3 aromatic rings. The summed E-state index contributed by atoms with van der Waals surface area (Å²) >= 11 is 6.24. The first-order chi connectivity index (χ1) is 15.3. The number of aromatic amines is 1. The minimum atomic E-state index is 0.0584. The van der Waals surface area contributed by atoms with Crippen molar-refractivity contribution in [2.24, 2.45) is 10.7 Å². The summed E-state index contributed by atoms with van der Waals surface area (Å²) in [7, 11) is 0. The fraction of sp³-hybridized carbons (Fsp3) is 0.522. The van der Waals surface area contributed by atoms with Crippen molar-refractivity contribution in [1.29, 1.82) is 0 Å². The Morgan fingerprint density at radius 3 is 2.62 bits per heavy atom. The van der Waals surface area contributed by atoms with Gasteiger partial charge >= 0.3 is 0 Å². The zero-order valence-corrected chi connectivity index (χ0v) is 19.9. The highest BCUT2D eigenvalue weighted by Gasteiger charge is 2.24. The fourth-order valence-corrected chi connectivity index (χ4v) is 4.51. The smallest absolute Gasteiger partial charge is 0.227 e. The van der Waals surface area contributed by atoms with Gasteiger partial charge in [0.2, 0.25) is 5.62 Å². The average molecular weight is 457 g/mol. The molecule has 2 unspecified atom stereocenters. The lowest BCUT2D eigenvalue weighted by Crippen LogP contribution is -2.39. The molecule has 2 heterocycles. The Balaban J connectivity index is 1.95. The first-order valence-corrected chi connectivity index (χ1v) is 11.8. The van der Waals surface area contributed by atoms with Crippen molar-refractivity contribution in [2.75, 3.05) is 11.1 Å². The number of nitrogen functional groups attached to an aromatic ring is 1. The number of nitrogens with one attached hydrogen (secondary N) is 2. The predicted molar refractivity (Wildman–Crippen MR) is 131 cm³/mol. The standard InChI is InChI=1S/C23H33ClN8/c1-12(2)19-21-20(31-30-19)22(27-14-9-10-16(25)15(24)11-14)29-23(32(21)13(3)4)28-18-8-6-5-7-17(18)26/h9-13,17-18H,5-8,25-26H2,1-4H3,(H,30,31)(H,27,28,29). The van der Waals surface area contributed by atoms with Crippen molar-refractivity contribution in [3.63, 3.8) is 0 Å². The molecule has 2 aromatic heterocycles. The summed E-state index contributed by atoms with van der Waals surface area (Å²) in [5, 5.41) is 11.7. The molecule has 1 aromatic carbocycles. The Hall–Kier alpha value is -2.58. The van der Waals surface area contributed by atoms with Crippen molar-refractivity contribution >= 4 is 39.8 Å². The Kier molecular flexibility index (Phi) is 6.44. The highest BCUT2D eigenvalue weighted by molar-refractivity contribution is 6.33. The van der Waals surface area contributed by atoms with Crippen LogP contribution < -0.4 is 22.4 Å². The third-order valence-electron chi connectivity index (χ3n) is 6.08. The van der Waals surface area contributed by atoms with Crippen LogP contribution in [-0.4, -0.2) is 31.8 Å². The van der Waals surface area contributed by atoms with Crippen LogP contribution in [0.4, 0.5) is 17.2 Å². The van der Waals surface area contributed by atoms with Crippen LogP contribution in [0.1, 0.15) is 71.0 Å². The number of fused-ring (bicyclic) bond motifs is 1. The molecule has 1 aliphatic carbocycles. The van der Waals surface area contributed by atoms with E-state index in [2.05, 4.69) is 47.8 Å². The number of rotatable bonds is 5. The molecular formula is C23H33ClN8. The number of nitrogens with zero attached hydrogens (tertiary/aromatic N) is 4. The van der Waals surface area contributed by atoms with Crippen LogP contribution >= 0.6 is 11.6 Å². The predicted octanol–water partition coefficient (Wildman–Crippen LogP) is 4.61. The zero-order chi connectivity index (χ0) is 23.0. The van der Waals surface area contributed by atoms with Gasteiger partial charge in [-0.1, -0.05) is 38.3 Å². The lowest BCUT2D eigenvalue weighted by molar-refractivity contribution is 0.375. The Morgan fingerprint density at radius 1 is 1.22 bits per heavy atom. The van der Waals surface area contributed by atoms with E-state index >= 15 is 0 Å². The van der Waals surface area contributed by atoms with Gasteiger partial charge in [-0.15, -0.1) is 0 Å². The van der Waals surface area contributed by atoms with E-state index in [1.165, 1.54) is 0 Å². The van der Waals surface area contributed by atoms with Gasteiger partial charge < -0.3 is 21.4 Å². The Labute approximate surface area is 193 Å². The molecule has 0 aliphatic heterocycles. The summed E-state index contributed by atoms with van der Waals surface area (Å²) in [4.78, 5) is 10.0. The van der Waals surface area contributed by atoms with E-state index in [1.54, 1.807) is 12.1 Å². The van der Waals surface area contributed by atoms with Gasteiger partial charge in [-0.25, -0.2) is 4.99 Å². The molecule has 2 atom stereocenters. The summed E-state index contributed by atoms with van der Waals surface area (Å²) in [5.41, 5.74) is 17.1. The molecule has 0 radical (unpaired) electrons. The van der Waals surface area contributed by atoms with Gasteiger partial charge in [0, 0.05) is 17.8 Å². The molecule has 9 heteroatoms. The number of nitrogens with two attached hydrogens (primary N) is 2. The normalized spacial score (nSPS) is 19.9. The number of benzene rings is 1. The highest BCUT2D eigenvalue weighted by atomic mass is 35.5. The van der Waals surface area contributed by atoms with Gasteiger partial charge in [-0.05, 0) is 50.8 Å². The molecule has 1 aliphatic rings. The molecule has 0 saturated heterocycles. The number of aromatic nitrogens is 4. The number of halogens is 1. The maximum atomic E-state index is 6.42. The molecule has 0 amide bonds. The second kappa shape index (κ2) is 9.11. The van der Waals surface area contributed by atoms with Gasteiger partial charge in [-0.3, -0.25) is 5.10 Å². The van der Waals surface area contributed by atoms with E-state index in [4.69, 9.17) is 33.0 Å². The lowest BCUT2D eigenvalue weighted by Gasteiger charge is -2.25. The van der Waals surface area contributed by atoms with Crippen LogP contribution in [0.2, 0.25) is 5.02 Å². The van der Waals surface area contributed by atoms with Crippen molar-refractivity contribution in [3.05, 3.63) is 34.5 Å². The molecule has 1 saturated carbocycles. The van der Waals surface area contributed by atoms with Gasteiger partial charge in [0.1, 0.15) is 0 Å². The monoisotopic (exact) mass is 456 g/mol. The van der Waals surface area contributed by atoms with Crippen LogP contribution in [0, 0.1) is 0 Å². The maximum absolute atomic E-state index is 6.42. The SMILES string of the molecule is CC(C)c1[nH]nc2c(Nc3ccc(N)c(Cl)c3)nc(=NC3CCCCC3N)n(C(C)C)c12. The molecule has 8 nitrogen and oxygen atoms in total. The summed E-state index contributed by atoms with van der Waals surface area (Å²) in [6.45, 7) is 8.59. The lowest BCUT2D eigenvalue weighted by atomic mass is 9.91. The molecule has 6 N–H and O–H groups in total. The molecule has 32 heavy (non-hydrogen) atoms. The Morgan fingerprint density at radius 2 is 1.97 bits per heavy atom. The van der Waals surface area contributed by atoms with Crippen LogP contribution in [0.3, 0.4) is 0 Å². The third-order valence-corrected chi connectivity index (χ3v) is 6.41. The molecule has 1 fully saturated rings. The van der Waals surface area contributed by atoms with E-state index in [1.807, 2.05) is 6.07 Å². The van der Waals surface area contributed by atoms with Crippen molar-refractivity contribution in [2.45, 2.75) is 77.4 Å². The van der Waals surface area contributed by atoms with Crippen LogP contribution in [0.5, 0.6) is 0 Å². The number of hydrogen-bond donors (Lipinski definition) is 4. The quantitative estimate of drug-likeness (QED) is 0.417. The van der Waals surface area contributed by atoms with E-state index in [9.17, 15) is 0 Å². The minimum absolute atomic E-state index is 0.0584. The van der Waals surface area contributed by atoms with E-state index in [0.29, 0.717) is 22.1 Å². The molecule has 4 rings (SSSR count). The van der Waals surface area contributed by atoms with Crippen LogP contribution in [0.25, 0.3) is 11.0 Å². The van der Waals surface area contributed by atoms with Gasteiger partial charge in [-0.2, -0.15) is 10.1 Å². The second-order valence-corrected chi connectivity index (χ2v) is 9.63. The van der Waals surface area contributed by atoms with Crippen molar-refractivity contribution in [1.82, 2.24) is 19.7 Å². The van der Waals surface area contributed by atoms with Gasteiger partial charge in [0.15, 0.2) is 11.3 Å². The summed E-state index contributed by atoms with van der Waals surface area (Å²) in [5.74, 6) is 0.889. The largest absolute Gasteiger partial charge is 0.398 e. The molecular weight excluding hydrogens is 424 g/mol. The fourth-order valence-electron chi connectivity index (χ4n) is 4.33. The van der Waals surface area contributed by atoms with Crippen molar-refractivity contribution in [3.8, 4) is 0 Å². The van der Waals surface area contributed by atoms with E-state index in [-0.39, 0.29) is 24.0 Å². The first-order valence-electron chi connectivity index (χ1n) is 11.4. The Bertz CT molecular complexity index is 1180. The number of H-pyrrole nitrogens is 1. The van der Waals surface area contributed by atoms with Crippen LogP contribution in [0.15, 0.2) is 23.2 Å². The third kappa shape index (κ3) is 4.34. The summed E-state index contributed by atoms with van der Waals surface area (Å²) in [6, 6.07) is 5.71. The maximum Gasteiger partial charge on any atom is 0.227 e. The average Bonchev–Trinajstić information content (AvgIpc) is 3.17. The van der Waals surface area contributed by atoms with Crippen molar-refractivity contribution < 1.29 is 0 Å². The van der Waals surface area contributed by atoms with Gasteiger partial charge in [0.25, 0.3) is 0 Å². The van der Waals surface area contributed by atoms with Gasteiger partial charge in [0.05, 0.1) is 28.0 Å². The van der Waals surface area contributed by atoms with Crippen LogP contribution in [-0.2, 0) is 0 Å². The highest BCUT2D eigenvalue weighted by Crippen LogP contribution is 2.30. The minimum Gasteiger partial charge on any atom is -0.398 e. The zero-order valence-electron chi connectivity index (χ0n) is 19.2.